The van der Waals surface area contributed by atoms with Gasteiger partial charge in [-0.3, -0.25) is 9.78 Å². The van der Waals surface area contributed by atoms with Crippen LogP contribution in [0.1, 0.15) is 28.9 Å². The summed E-state index contributed by atoms with van der Waals surface area (Å²) in [4.78, 5) is 17.9. The maximum absolute atomic E-state index is 12.3. The lowest BCUT2D eigenvalue weighted by molar-refractivity contribution is 0.0742. The van der Waals surface area contributed by atoms with Gasteiger partial charge in [0.25, 0.3) is 5.91 Å². The van der Waals surface area contributed by atoms with E-state index in [1.165, 1.54) is 0 Å². The first-order valence-corrected chi connectivity index (χ1v) is 6.12. The lowest BCUT2D eigenvalue weighted by Crippen LogP contribution is -2.29. The third kappa shape index (κ3) is 2.91. The molecule has 98 valence electrons. The number of nitrogens with zero attached hydrogens (tertiary/aromatic N) is 2. The van der Waals surface area contributed by atoms with Gasteiger partial charge in [0, 0.05) is 30.7 Å². The molecular weight excluding hydrogens is 238 g/mol. The number of nitrogens with two attached hydrogens (primary N) is 1. The number of amides is 1. The number of rotatable bonds is 3. The first-order chi connectivity index (χ1) is 9.09. The third-order valence-corrected chi connectivity index (χ3v) is 3.22. The zero-order chi connectivity index (χ0) is 13.8. The molecule has 1 atom stereocenters. The third-order valence-electron chi connectivity index (χ3n) is 3.22. The van der Waals surface area contributed by atoms with E-state index in [0.717, 1.165) is 5.56 Å². The first-order valence-electron chi connectivity index (χ1n) is 6.12. The maximum Gasteiger partial charge on any atom is 0.254 e. The van der Waals surface area contributed by atoms with Crippen LogP contribution in [-0.4, -0.2) is 22.8 Å². The molecular formula is C15H17N3O. The Kier molecular flexibility index (Phi) is 3.80. The zero-order valence-corrected chi connectivity index (χ0v) is 11.1. The zero-order valence-electron chi connectivity index (χ0n) is 11.1. The van der Waals surface area contributed by atoms with Crippen LogP contribution in [0.5, 0.6) is 0 Å². The Morgan fingerprint density at radius 3 is 2.58 bits per heavy atom. The van der Waals surface area contributed by atoms with Crippen molar-refractivity contribution in [3.63, 3.8) is 0 Å². The average Bonchev–Trinajstić information content (AvgIpc) is 2.46. The summed E-state index contributed by atoms with van der Waals surface area (Å²) in [6.07, 6.45) is 3.23. The van der Waals surface area contributed by atoms with Crippen molar-refractivity contribution >= 4 is 11.6 Å². The highest BCUT2D eigenvalue weighted by Crippen LogP contribution is 2.22. The van der Waals surface area contributed by atoms with Gasteiger partial charge in [-0.25, -0.2) is 0 Å². The van der Waals surface area contributed by atoms with Gasteiger partial charge in [-0.2, -0.15) is 0 Å². The molecule has 4 heteroatoms. The lowest BCUT2D eigenvalue weighted by Gasteiger charge is -2.25. The van der Waals surface area contributed by atoms with E-state index in [1.807, 2.05) is 31.2 Å². The fourth-order valence-electron chi connectivity index (χ4n) is 1.92. The average molecular weight is 255 g/mol. The van der Waals surface area contributed by atoms with E-state index >= 15 is 0 Å². The molecule has 2 N–H and O–H groups in total. The molecule has 0 aliphatic rings. The Bertz CT molecular complexity index is 569. The Hall–Kier alpha value is -2.36. The number of pyridine rings is 1. The number of carbonyl (C=O) groups is 1. The van der Waals surface area contributed by atoms with Crippen LogP contribution in [0.15, 0.2) is 48.8 Å². The van der Waals surface area contributed by atoms with Crippen molar-refractivity contribution in [3.8, 4) is 0 Å². The number of anilines is 1. The summed E-state index contributed by atoms with van der Waals surface area (Å²) < 4.78 is 0. The van der Waals surface area contributed by atoms with Crippen molar-refractivity contribution in [2.24, 2.45) is 0 Å². The molecule has 2 rings (SSSR count). The summed E-state index contributed by atoms with van der Waals surface area (Å²) in [5.41, 5.74) is 8.13. The molecule has 0 spiro atoms. The largest absolute Gasteiger partial charge is 0.399 e. The number of nitrogen functional groups attached to an aromatic ring is 1. The minimum atomic E-state index is -0.0378. The summed E-state index contributed by atoms with van der Waals surface area (Å²) in [6, 6.07) is 11.0. The Balaban J connectivity index is 2.20. The minimum Gasteiger partial charge on any atom is -0.399 e. The molecule has 0 radical (unpaired) electrons. The van der Waals surface area contributed by atoms with Crippen LogP contribution in [0, 0.1) is 0 Å². The highest BCUT2D eigenvalue weighted by molar-refractivity contribution is 5.94. The maximum atomic E-state index is 12.3. The Morgan fingerprint density at radius 2 is 1.95 bits per heavy atom. The smallest absolute Gasteiger partial charge is 0.254 e. The molecule has 1 unspecified atom stereocenters. The molecule has 4 nitrogen and oxygen atoms in total. The molecule has 1 aromatic heterocycles. The molecule has 1 aromatic carbocycles. The normalized spacial score (nSPS) is 11.9. The molecule has 0 aliphatic heterocycles. The van der Waals surface area contributed by atoms with Crippen molar-refractivity contribution in [2.45, 2.75) is 13.0 Å². The van der Waals surface area contributed by atoms with Crippen molar-refractivity contribution in [2.75, 3.05) is 12.8 Å². The van der Waals surface area contributed by atoms with E-state index in [4.69, 9.17) is 5.73 Å². The van der Waals surface area contributed by atoms with Crippen LogP contribution in [0.2, 0.25) is 0 Å². The van der Waals surface area contributed by atoms with Crippen LogP contribution in [-0.2, 0) is 0 Å². The van der Waals surface area contributed by atoms with Crippen LogP contribution in [0.3, 0.4) is 0 Å². The highest BCUT2D eigenvalue weighted by Gasteiger charge is 2.18. The number of aromatic nitrogens is 1. The predicted octanol–water partition coefficient (Wildman–Crippen LogP) is 2.50. The monoisotopic (exact) mass is 255 g/mol. The number of benzene rings is 1. The Labute approximate surface area is 112 Å². The summed E-state index contributed by atoms with van der Waals surface area (Å²) >= 11 is 0. The number of hydrogen-bond acceptors (Lipinski definition) is 3. The van der Waals surface area contributed by atoms with Gasteiger partial charge in [0.2, 0.25) is 0 Å². The number of carbonyl (C=O) groups excluding carboxylic acids is 1. The second-order valence-corrected chi connectivity index (χ2v) is 4.50. The van der Waals surface area contributed by atoms with Gasteiger partial charge in [0.1, 0.15) is 0 Å². The fourth-order valence-corrected chi connectivity index (χ4v) is 1.92. The van der Waals surface area contributed by atoms with Gasteiger partial charge in [-0.15, -0.1) is 0 Å². The van der Waals surface area contributed by atoms with Gasteiger partial charge < -0.3 is 10.6 Å². The molecule has 19 heavy (non-hydrogen) atoms. The van der Waals surface area contributed by atoms with E-state index < -0.39 is 0 Å². The van der Waals surface area contributed by atoms with Gasteiger partial charge in [-0.05, 0) is 36.8 Å². The van der Waals surface area contributed by atoms with Crippen molar-refractivity contribution in [3.05, 3.63) is 59.9 Å². The molecule has 0 bridgehead atoms. The van der Waals surface area contributed by atoms with E-state index in [0.29, 0.717) is 11.3 Å². The second-order valence-electron chi connectivity index (χ2n) is 4.50. The van der Waals surface area contributed by atoms with Crippen molar-refractivity contribution < 1.29 is 4.79 Å². The lowest BCUT2D eigenvalue weighted by atomic mass is 10.1. The number of hydrogen-bond donors (Lipinski definition) is 1. The van der Waals surface area contributed by atoms with Gasteiger partial charge in [0.15, 0.2) is 0 Å². The molecule has 1 amide bonds. The topological polar surface area (TPSA) is 59.2 Å². The summed E-state index contributed by atoms with van der Waals surface area (Å²) in [5.74, 6) is -0.0303. The van der Waals surface area contributed by atoms with Gasteiger partial charge >= 0.3 is 0 Å². The summed E-state index contributed by atoms with van der Waals surface area (Å²) in [5, 5.41) is 0. The molecule has 0 aliphatic carbocycles. The van der Waals surface area contributed by atoms with Crippen LogP contribution in [0.25, 0.3) is 0 Å². The van der Waals surface area contributed by atoms with Crippen LogP contribution < -0.4 is 5.73 Å². The summed E-state index contributed by atoms with van der Waals surface area (Å²) in [7, 11) is 1.79. The standard InChI is InChI=1S/C15H17N3O/c1-11(13-4-3-5-14(16)10-13)18(2)15(19)12-6-8-17-9-7-12/h3-11H,16H2,1-2H3. The van der Waals surface area contributed by atoms with Crippen molar-refractivity contribution in [1.82, 2.24) is 9.88 Å². The van der Waals surface area contributed by atoms with Crippen LogP contribution in [0.4, 0.5) is 5.69 Å². The molecule has 0 saturated carbocycles. The first kappa shape index (κ1) is 13.1. The van der Waals surface area contributed by atoms with Gasteiger partial charge in [-0.1, -0.05) is 12.1 Å². The van der Waals surface area contributed by atoms with E-state index in [9.17, 15) is 4.79 Å². The molecule has 0 saturated heterocycles. The molecule has 2 aromatic rings. The molecule has 1 heterocycles. The van der Waals surface area contributed by atoms with E-state index in [1.54, 1.807) is 36.5 Å². The fraction of sp³-hybridized carbons (Fsp3) is 0.200. The highest BCUT2D eigenvalue weighted by atomic mass is 16.2. The molecule has 0 fully saturated rings. The Morgan fingerprint density at radius 1 is 1.26 bits per heavy atom. The van der Waals surface area contributed by atoms with E-state index in [-0.39, 0.29) is 11.9 Å². The van der Waals surface area contributed by atoms with E-state index in [2.05, 4.69) is 4.98 Å². The SMILES string of the molecule is CC(c1cccc(N)c1)N(C)C(=O)c1ccncc1. The summed E-state index contributed by atoms with van der Waals surface area (Å²) in [6.45, 7) is 1.98. The van der Waals surface area contributed by atoms with Crippen LogP contribution >= 0.6 is 0 Å². The van der Waals surface area contributed by atoms with Gasteiger partial charge in [0.05, 0.1) is 6.04 Å². The van der Waals surface area contributed by atoms with Crippen molar-refractivity contribution in [1.29, 1.82) is 0 Å². The second kappa shape index (κ2) is 5.52. The predicted molar refractivity (Wildman–Crippen MR) is 75.6 cm³/mol. The minimum absolute atomic E-state index is 0.0303. The quantitative estimate of drug-likeness (QED) is 0.857.